The maximum Gasteiger partial charge on any atom is 0.223 e. The lowest BCUT2D eigenvalue weighted by Gasteiger charge is -2.35. The van der Waals surface area contributed by atoms with Crippen LogP contribution in [-0.2, 0) is 18.4 Å². The second kappa shape index (κ2) is 8.70. The van der Waals surface area contributed by atoms with E-state index in [1.807, 2.05) is 4.90 Å². The number of carbonyl (C=O) groups excluding carboxylic acids is 1. The molecule has 2 aromatic carbocycles. The molecule has 8 heteroatoms. The molecule has 1 aliphatic rings. The fourth-order valence-corrected chi connectivity index (χ4v) is 4.33. The number of amides is 1. The molecule has 0 aliphatic carbocycles. The minimum absolute atomic E-state index is 0.215. The molecular formula is C20H24N6OS. The van der Waals surface area contributed by atoms with E-state index >= 15 is 0 Å². The van der Waals surface area contributed by atoms with E-state index in [1.54, 1.807) is 11.7 Å². The molecule has 0 radical (unpaired) electrons. The van der Waals surface area contributed by atoms with E-state index in [0.717, 1.165) is 37.9 Å². The van der Waals surface area contributed by atoms with Crippen LogP contribution in [0, 0.1) is 0 Å². The summed E-state index contributed by atoms with van der Waals surface area (Å²) < 4.78 is 1.63. The van der Waals surface area contributed by atoms with Crippen LogP contribution < -0.4 is 0 Å². The zero-order valence-electron chi connectivity index (χ0n) is 16.0. The zero-order valence-corrected chi connectivity index (χ0v) is 16.8. The molecule has 0 N–H and O–H groups in total. The molecule has 28 heavy (non-hydrogen) atoms. The van der Waals surface area contributed by atoms with Crippen LogP contribution in [0.2, 0.25) is 0 Å². The van der Waals surface area contributed by atoms with E-state index in [2.05, 4.69) is 62.9 Å². The van der Waals surface area contributed by atoms with E-state index < -0.39 is 0 Å². The Hall–Kier alpha value is -2.45. The lowest BCUT2D eigenvalue weighted by molar-refractivity contribution is -0.132. The molecule has 1 amide bonds. The van der Waals surface area contributed by atoms with Crippen molar-refractivity contribution in [3.05, 3.63) is 48.0 Å². The van der Waals surface area contributed by atoms with E-state index in [1.165, 1.54) is 28.1 Å². The fraction of sp³-hybridized carbons (Fsp3) is 0.400. The Labute approximate surface area is 168 Å². The molecule has 4 rings (SSSR count). The molecular weight excluding hydrogens is 372 g/mol. The van der Waals surface area contributed by atoms with Gasteiger partial charge < -0.3 is 4.90 Å². The molecule has 0 saturated carbocycles. The Morgan fingerprint density at radius 1 is 1.07 bits per heavy atom. The van der Waals surface area contributed by atoms with Crippen molar-refractivity contribution in [1.29, 1.82) is 0 Å². The first kappa shape index (κ1) is 18.9. The van der Waals surface area contributed by atoms with Crippen LogP contribution in [0.5, 0.6) is 0 Å². The van der Waals surface area contributed by atoms with Crippen LogP contribution in [0.15, 0.2) is 47.6 Å². The van der Waals surface area contributed by atoms with Gasteiger partial charge in [-0.05, 0) is 26.8 Å². The number of piperazine rings is 1. The Bertz CT molecular complexity index is 945. The highest BCUT2D eigenvalue weighted by Crippen LogP contribution is 2.21. The minimum atomic E-state index is 0.215. The number of aryl methyl sites for hydroxylation is 1. The van der Waals surface area contributed by atoms with Gasteiger partial charge in [-0.1, -0.05) is 54.2 Å². The summed E-state index contributed by atoms with van der Waals surface area (Å²) in [6, 6.07) is 15.0. The fourth-order valence-electron chi connectivity index (χ4n) is 3.56. The number of hydrogen-bond donors (Lipinski definition) is 0. The van der Waals surface area contributed by atoms with Gasteiger partial charge in [-0.2, -0.15) is 0 Å². The summed E-state index contributed by atoms with van der Waals surface area (Å²) >= 11 is 1.52. The van der Waals surface area contributed by atoms with E-state index in [9.17, 15) is 4.79 Å². The number of carbonyl (C=O) groups is 1. The number of benzene rings is 2. The van der Waals surface area contributed by atoms with Gasteiger partial charge in [0.05, 0.1) is 0 Å². The van der Waals surface area contributed by atoms with Crippen molar-refractivity contribution in [3.8, 4) is 0 Å². The Kier molecular flexibility index (Phi) is 5.87. The molecule has 3 aromatic rings. The normalized spacial score (nSPS) is 15.2. The molecule has 2 heterocycles. The third kappa shape index (κ3) is 4.34. The van der Waals surface area contributed by atoms with Crippen LogP contribution in [0.1, 0.15) is 12.0 Å². The summed E-state index contributed by atoms with van der Waals surface area (Å²) in [5, 5.41) is 14.7. The molecule has 1 saturated heterocycles. The number of hydrogen-bond acceptors (Lipinski definition) is 6. The second-order valence-electron chi connectivity index (χ2n) is 6.98. The minimum Gasteiger partial charge on any atom is -0.340 e. The van der Waals surface area contributed by atoms with Crippen molar-refractivity contribution in [2.24, 2.45) is 7.05 Å². The van der Waals surface area contributed by atoms with Gasteiger partial charge in [0.2, 0.25) is 11.1 Å². The molecule has 0 unspecified atom stereocenters. The van der Waals surface area contributed by atoms with Crippen LogP contribution in [-0.4, -0.2) is 67.8 Å². The van der Waals surface area contributed by atoms with E-state index in [0.29, 0.717) is 12.2 Å². The molecule has 146 valence electrons. The van der Waals surface area contributed by atoms with Crippen molar-refractivity contribution in [2.75, 3.05) is 31.9 Å². The topological polar surface area (TPSA) is 67.2 Å². The molecule has 7 nitrogen and oxygen atoms in total. The van der Waals surface area contributed by atoms with Gasteiger partial charge in [-0.3, -0.25) is 9.69 Å². The number of aromatic nitrogens is 4. The Morgan fingerprint density at radius 2 is 1.86 bits per heavy atom. The molecule has 0 bridgehead atoms. The van der Waals surface area contributed by atoms with Crippen molar-refractivity contribution in [1.82, 2.24) is 30.0 Å². The number of tetrazole rings is 1. The van der Waals surface area contributed by atoms with Crippen LogP contribution in [0.4, 0.5) is 0 Å². The second-order valence-corrected chi connectivity index (χ2v) is 8.04. The first-order chi connectivity index (χ1) is 13.7. The molecule has 0 atom stereocenters. The zero-order chi connectivity index (χ0) is 19.3. The van der Waals surface area contributed by atoms with E-state index in [-0.39, 0.29) is 5.91 Å². The number of fused-ring (bicyclic) bond motifs is 1. The van der Waals surface area contributed by atoms with E-state index in [4.69, 9.17) is 0 Å². The van der Waals surface area contributed by atoms with Crippen LogP contribution >= 0.6 is 11.8 Å². The molecule has 1 aromatic heterocycles. The van der Waals surface area contributed by atoms with Crippen LogP contribution in [0.3, 0.4) is 0 Å². The highest BCUT2D eigenvalue weighted by Gasteiger charge is 2.21. The summed E-state index contributed by atoms with van der Waals surface area (Å²) in [5.41, 5.74) is 1.35. The predicted octanol–water partition coefficient (Wildman–Crippen LogP) is 2.19. The standard InChI is InChI=1S/C20H24N6OS/c1-24-20(21-22-23-24)28-14-9-19(27)26-12-10-25(11-13-26)15-17-7-4-6-16-5-2-3-8-18(16)17/h2-8H,9-15H2,1H3. The maximum absolute atomic E-state index is 12.5. The quantitative estimate of drug-likeness (QED) is 0.595. The first-order valence-electron chi connectivity index (χ1n) is 9.52. The first-order valence-corrected chi connectivity index (χ1v) is 10.5. The van der Waals surface area contributed by atoms with Gasteiger partial charge in [-0.25, -0.2) is 4.68 Å². The SMILES string of the molecule is Cn1nnnc1SCCC(=O)N1CCN(Cc2cccc3ccccc23)CC1. The highest BCUT2D eigenvalue weighted by atomic mass is 32.2. The van der Waals surface area contributed by atoms with Gasteiger partial charge in [0.15, 0.2) is 0 Å². The Balaban J connectivity index is 1.26. The summed E-state index contributed by atoms with van der Waals surface area (Å²) in [6.45, 7) is 4.34. The Morgan fingerprint density at radius 3 is 2.64 bits per heavy atom. The number of thioether (sulfide) groups is 1. The van der Waals surface area contributed by atoms with Gasteiger partial charge in [0.25, 0.3) is 0 Å². The van der Waals surface area contributed by atoms with Crippen molar-refractivity contribution < 1.29 is 4.79 Å². The maximum atomic E-state index is 12.5. The summed E-state index contributed by atoms with van der Waals surface area (Å²) in [6.07, 6.45) is 0.515. The van der Waals surface area contributed by atoms with Gasteiger partial charge in [0, 0.05) is 51.9 Å². The summed E-state index contributed by atoms with van der Waals surface area (Å²) in [4.78, 5) is 16.9. The molecule has 1 fully saturated rings. The smallest absolute Gasteiger partial charge is 0.223 e. The highest BCUT2D eigenvalue weighted by molar-refractivity contribution is 7.99. The van der Waals surface area contributed by atoms with Crippen molar-refractivity contribution in [2.45, 2.75) is 18.1 Å². The lowest BCUT2D eigenvalue weighted by atomic mass is 10.0. The third-order valence-electron chi connectivity index (χ3n) is 5.13. The predicted molar refractivity (Wildman–Crippen MR) is 110 cm³/mol. The summed E-state index contributed by atoms with van der Waals surface area (Å²) in [5.74, 6) is 0.913. The number of nitrogens with zero attached hydrogens (tertiary/aromatic N) is 6. The lowest BCUT2D eigenvalue weighted by Crippen LogP contribution is -2.48. The van der Waals surface area contributed by atoms with Crippen molar-refractivity contribution in [3.63, 3.8) is 0 Å². The number of rotatable bonds is 6. The average Bonchev–Trinajstić information content (AvgIpc) is 3.13. The van der Waals surface area contributed by atoms with Crippen molar-refractivity contribution >= 4 is 28.4 Å². The summed E-state index contributed by atoms with van der Waals surface area (Å²) in [7, 11) is 1.80. The molecule has 1 aliphatic heterocycles. The van der Waals surface area contributed by atoms with Gasteiger partial charge in [0.1, 0.15) is 0 Å². The van der Waals surface area contributed by atoms with Gasteiger partial charge in [-0.15, -0.1) is 5.10 Å². The van der Waals surface area contributed by atoms with Gasteiger partial charge >= 0.3 is 0 Å². The molecule has 0 spiro atoms. The third-order valence-corrected chi connectivity index (χ3v) is 6.14. The monoisotopic (exact) mass is 396 g/mol. The largest absolute Gasteiger partial charge is 0.340 e. The van der Waals surface area contributed by atoms with Crippen LogP contribution in [0.25, 0.3) is 10.8 Å². The average molecular weight is 397 g/mol.